The lowest BCUT2D eigenvalue weighted by Gasteiger charge is -2.13. The van der Waals surface area contributed by atoms with E-state index < -0.39 is 0 Å². The maximum Gasteiger partial charge on any atom is 0.315 e. The summed E-state index contributed by atoms with van der Waals surface area (Å²) in [7, 11) is 0. The van der Waals surface area contributed by atoms with E-state index in [9.17, 15) is 9.59 Å². The summed E-state index contributed by atoms with van der Waals surface area (Å²) in [6, 6.07) is 5.48. The zero-order chi connectivity index (χ0) is 15.4. The van der Waals surface area contributed by atoms with Gasteiger partial charge in [0.05, 0.1) is 12.6 Å². The number of carbonyl (C=O) groups is 1. The van der Waals surface area contributed by atoms with Gasteiger partial charge in [0, 0.05) is 16.1 Å². The number of urea groups is 1. The van der Waals surface area contributed by atoms with Gasteiger partial charge in [-0.05, 0) is 43.8 Å². The summed E-state index contributed by atoms with van der Waals surface area (Å²) in [5.74, 6) is 0. The molecule has 2 heterocycles. The SMILES string of the molecule is Cc1cc(C)c(CNC(=O)N[C@H](C)c2cccs2)c(=O)[nH]1. The number of aryl methyl sites for hydroxylation is 2. The van der Waals surface area contributed by atoms with Crippen LogP contribution in [0.4, 0.5) is 4.79 Å². The molecule has 0 radical (unpaired) electrons. The van der Waals surface area contributed by atoms with Crippen LogP contribution in [-0.4, -0.2) is 11.0 Å². The second kappa shape index (κ2) is 6.58. The molecule has 1 atom stereocenters. The third kappa shape index (κ3) is 3.95. The van der Waals surface area contributed by atoms with Crippen LogP contribution in [-0.2, 0) is 6.54 Å². The average Bonchev–Trinajstić information content (AvgIpc) is 2.91. The molecule has 0 unspecified atom stereocenters. The van der Waals surface area contributed by atoms with Crippen LogP contribution in [0.2, 0.25) is 0 Å². The van der Waals surface area contributed by atoms with Crippen molar-refractivity contribution in [3.8, 4) is 0 Å². The number of pyridine rings is 1. The van der Waals surface area contributed by atoms with Gasteiger partial charge in [-0.2, -0.15) is 0 Å². The van der Waals surface area contributed by atoms with Crippen LogP contribution in [0, 0.1) is 13.8 Å². The molecular weight excluding hydrogens is 286 g/mol. The minimum absolute atomic E-state index is 0.0533. The molecule has 2 rings (SSSR count). The summed E-state index contributed by atoms with van der Waals surface area (Å²) >= 11 is 1.60. The number of carbonyl (C=O) groups excluding carboxylic acids is 1. The second-order valence-corrected chi connectivity index (χ2v) is 5.99. The van der Waals surface area contributed by atoms with Crippen LogP contribution in [0.3, 0.4) is 0 Å². The Morgan fingerprint density at radius 1 is 1.43 bits per heavy atom. The Kier molecular flexibility index (Phi) is 4.80. The maximum absolute atomic E-state index is 11.9. The Morgan fingerprint density at radius 3 is 2.81 bits per heavy atom. The van der Waals surface area contributed by atoms with Gasteiger partial charge in [0.25, 0.3) is 5.56 Å². The highest BCUT2D eigenvalue weighted by Gasteiger charge is 2.11. The Balaban J connectivity index is 1.94. The Bertz CT molecular complexity index is 677. The van der Waals surface area contributed by atoms with Crippen molar-refractivity contribution in [2.24, 2.45) is 0 Å². The predicted octanol–water partition coefficient (Wildman–Crippen LogP) is 2.61. The van der Waals surface area contributed by atoms with Crippen LogP contribution >= 0.6 is 11.3 Å². The molecule has 112 valence electrons. The highest BCUT2D eigenvalue weighted by atomic mass is 32.1. The summed E-state index contributed by atoms with van der Waals surface area (Å²) < 4.78 is 0. The zero-order valence-corrected chi connectivity index (χ0v) is 13.1. The summed E-state index contributed by atoms with van der Waals surface area (Å²) in [4.78, 5) is 27.6. The third-order valence-electron chi connectivity index (χ3n) is 3.24. The van der Waals surface area contributed by atoms with Gasteiger partial charge in [-0.1, -0.05) is 6.07 Å². The first-order chi connectivity index (χ1) is 9.97. The number of hydrogen-bond donors (Lipinski definition) is 3. The van der Waals surface area contributed by atoms with Crippen molar-refractivity contribution in [2.75, 3.05) is 0 Å². The van der Waals surface area contributed by atoms with E-state index in [-0.39, 0.29) is 24.2 Å². The van der Waals surface area contributed by atoms with Crippen LogP contribution in [0.25, 0.3) is 0 Å². The average molecular weight is 305 g/mol. The number of aromatic amines is 1. The molecule has 2 aromatic rings. The Morgan fingerprint density at radius 2 is 2.19 bits per heavy atom. The predicted molar refractivity (Wildman–Crippen MR) is 84.6 cm³/mol. The van der Waals surface area contributed by atoms with Crippen molar-refractivity contribution < 1.29 is 4.79 Å². The molecule has 0 aliphatic heterocycles. The molecule has 0 saturated heterocycles. The molecule has 0 bridgehead atoms. The van der Waals surface area contributed by atoms with Gasteiger partial charge in [0.15, 0.2) is 0 Å². The number of aromatic nitrogens is 1. The molecule has 5 nitrogen and oxygen atoms in total. The molecule has 2 amide bonds. The standard InChI is InChI=1S/C15H19N3O2S/c1-9-7-10(2)17-14(19)12(9)8-16-15(20)18-11(3)13-5-4-6-21-13/h4-7,11H,8H2,1-3H3,(H,17,19)(H2,16,18,20)/t11-/m1/s1. The van der Waals surface area contributed by atoms with Gasteiger partial charge in [0.2, 0.25) is 0 Å². The lowest BCUT2D eigenvalue weighted by Crippen LogP contribution is -2.37. The minimum atomic E-state index is -0.282. The molecule has 0 saturated carbocycles. The first-order valence-electron chi connectivity index (χ1n) is 6.74. The number of rotatable bonds is 4. The number of thiophene rings is 1. The van der Waals surface area contributed by atoms with Crippen molar-refractivity contribution >= 4 is 17.4 Å². The van der Waals surface area contributed by atoms with Crippen molar-refractivity contribution in [1.29, 1.82) is 0 Å². The first kappa shape index (κ1) is 15.3. The number of hydrogen-bond acceptors (Lipinski definition) is 3. The lowest BCUT2D eigenvalue weighted by atomic mass is 10.1. The van der Waals surface area contributed by atoms with E-state index in [0.29, 0.717) is 5.56 Å². The highest BCUT2D eigenvalue weighted by molar-refractivity contribution is 7.10. The summed E-state index contributed by atoms with van der Waals surface area (Å²) in [5, 5.41) is 7.55. The summed E-state index contributed by atoms with van der Waals surface area (Å²) in [6.45, 7) is 5.84. The summed E-state index contributed by atoms with van der Waals surface area (Å²) in [5.41, 5.74) is 2.12. The van der Waals surface area contributed by atoms with E-state index in [1.54, 1.807) is 11.3 Å². The molecule has 0 aromatic carbocycles. The van der Waals surface area contributed by atoms with Crippen molar-refractivity contribution in [1.82, 2.24) is 15.6 Å². The fourth-order valence-corrected chi connectivity index (χ4v) is 2.86. The van der Waals surface area contributed by atoms with Crippen molar-refractivity contribution in [3.63, 3.8) is 0 Å². The summed E-state index contributed by atoms with van der Waals surface area (Å²) in [6.07, 6.45) is 0. The van der Waals surface area contributed by atoms with E-state index in [1.807, 2.05) is 44.4 Å². The molecule has 3 N–H and O–H groups in total. The van der Waals surface area contributed by atoms with Gasteiger partial charge in [-0.15, -0.1) is 11.3 Å². The molecule has 21 heavy (non-hydrogen) atoms. The van der Waals surface area contributed by atoms with E-state index in [1.165, 1.54) is 0 Å². The number of amides is 2. The van der Waals surface area contributed by atoms with Crippen molar-refractivity contribution in [2.45, 2.75) is 33.4 Å². The van der Waals surface area contributed by atoms with Gasteiger partial charge in [0.1, 0.15) is 0 Å². The second-order valence-electron chi connectivity index (χ2n) is 5.01. The molecule has 6 heteroatoms. The Hall–Kier alpha value is -2.08. The lowest BCUT2D eigenvalue weighted by molar-refractivity contribution is 0.237. The van der Waals surface area contributed by atoms with Gasteiger partial charge in [-0.25, -0.2) is 4.79 Å². The van der Waals surface area contributed by atoms with Crippen LogP contribution < -0.4 is 16.2 Å². The van der Waals surface area contributed by atoms with Gasteiger partial charge >= 0.3 is 6.03 Å². The smallest absolute Gasteiger partial charge is 0.315 e. The highest BCUT2D eigenvalue weighted by Crippen LogP contribution is 2.17. The molecule has 2 aromatic heterocycles. The van der Waals surface area contributed by atoms with E-state index >= 15 is 0 Å². The molecular formula is C15H19N3O2S. The zero-order valence-electron chi connectivity index (χ0n) is 12.3. The monoisotopic (exact) mass is 305 g/mol. The minimum Gasteiger partial charge on any atom is -0.334 e. The Labute approximate surface area is 127 Å². The molecule has 0 aliphatic rings. The first-order valence-corrected chi connectivity index (χ1v) is 7.62. The third-order valence-corrected chi connectivity index (χ3v) is 4.29. The quantitative estimate of drug-likeness (QED) is 0.812. The van der Waals surface area contributed by atoms with Crippen LogP contribution in [0.1, 0.15) is 34.7 Å². The topological polar surface area (TPSA) is 74.0 Å². The normalized spacial score (nSPS) is 12.0. The van der Waals surface area contributed by atoms with Gasteiger partial charge in [-0.3, -0.25) is 4.79 Å². The molecule has 0 aliphatic carbocycles. The largest absolute Gasteiger partial charge is 0.334 e. The van der Waals surface area contributed by atoms with E-state index in [2.05, 4.69) is 15.6 Å². The number of nitrogens with one attached hydrogen (secondary N) is 3. The number of H-pyrrole nitrogens is 1. The van der Waals surface area contributed by atoms with Crippen LogP contribution in [0.5, 0.6) is 0 Å². The molecule has 0 fully saturated rings. The van der Waals surface area contributed by atoms with Crippen molar-refractivity contribution in [3.05, 3.63) is 55.6 Å². The molecule has 0 spiro atoms. The van der Waals surface area contributed by atoms with E-state index in [0.717, 1.165) is 16.1 Å². The van der Waals surface area contributed by atoms with Crippen LogP contribution in [0.15, 0.2) is 28.4 Å². The van der Waals surface area contributed by atoms with E-state index in [4.69, 9.17) is 0 Å². The fourth-order valence-electron chi connectivity index (χ4n) is 2.13. The maximum atomic E-state index is 11.9. The fraction of sp³-hybridized carbons (Fsp3) is 0.333. The van der Waals surface area contributed by atoms with Gasteiger partial charge < -0.3 is 15.6 Å².